The van der Waals surface area contributed by atoms with Crippen molar-refractivity contribution in [2.45, 2.75) is 33.6 Å². The van der Waals surface area contributed by atoms with Crippen LogP contribution in [0.3, 0.4) is 0 Å². The quantitative estimate of drug-likeness (QED) is 0.219. The third-order valence-electron chi connectivity index (χ3n) is 6.36. The van der Waals surface area contributed by atoms with Crippen LogP contribution in [0.2, 0.25) is 0 Å². The summed E-state index contributed by atoms with van der Waals surface area (Å²) in [7, 11) is 1.98. The van der Waals surface area contributed by atoms with Crippen molar-refractivity contribution in [3.63, 3.8) is 0 Å². The van der Waals surface area contributed by atoms with Crippen LogP contribution in [0, 0.1) is 25.6 Å². The van der Waals surface area contributed by atoms with Crippen molar-refractivity contribution in [2.24, 2.45) is 7.05 Å². The molecule has 0 fully saturated rings. The first-order valence-corrected chi connectivity index (χ1v) is 11.0. The van der Waals surface area contributed by atoms with E-state index in [1.807, 2.05) is 30.7 Å². The average Bonchev–Trinajstić information content (AvgIpc) is 3.13. The topological polar surface area (TPSA) is 29.9 Å². The van der Waals surface area contributed by atoms with Crippen molar-refractivity contribution >= 4 is 22.1 Å². The van der Waals surface area contributed by atoms with Crippen LogP contribution in [0.5, 0.6) is 0 Å². The number of aromatic nitrogens is 2. The summed E-state index contributed by atoms with van der Waals surface area (Å²) < 4.78 is 36.3. The maximum atomic E-state index is 14.6. The molecular weight excluding hydrogens is 418 g/mol. The first-order valence-electron chi connectivity index (χ1n) is 11.0. The van der Waals surface area contributed by atoms with Crippen LogP contribution in [0.25, 0.3) is 44.5 Å². The number of benzene rings is 2. The van der Waals surface area contributed by atoms with Crippen molar-refractivity contribution in [3.05, 3.63) is 83.2 Å². The lowest BCUT2D eigenvalue weighted by atomic mass is 9.94. The molecular formula is C28H25F2N2O+. The third kappa shape index (κ3) is 3.48. The average molecular weight is 444 g/mol. The van der Waals surface area contributed by atoms with Gasteiger partial charge in [0.15, 0.2) is 11.8 Å². The molecule has 0 amide bonds. The zero-order valence-corrected chi connectivity index (χ0v) is 19.3. The Morgan fingerprint density at radius 3 is 2.36 bits per heavy atom. The van der Waals surface area contributed by atoms with E-state index in [1.165, 1.54) is 5.56 Å². The summed E-state index contributed by atoms with van der Waals surface area (Å²) >= 11 is 0. The van der Waals surface area contributed by atoms with Gasteiger partial charge in [0.25, 0.3) is 0 Å². The number of halogens is 2. The van der Waals surface area contributed by atoms with Gasteiger partial charge in [0, 0.05) is 23.1 Å². The van der Waals surface area contributed by atoms with Crippen LogP contribution in [-0.2, 0) is 7.05 Å². The second-order valence-electron chi connectivity index (χ2n) is 8.99. The van der Waals surface area contributed by atoms with Crippen LogP contribution < -0.4 is 4.57 Å². The summed E-state index contributed by atoms with van der Waals surface area (Å²) in [6, 6.07) is 15.3. The van der Waals surface area contributed by atoms with Crippen molar-refractivity contribution in [2.75, 3.05) is 0 Å². The van der Waals surface area contributed by atoms with E-state index in [0.29, 0.717) is 16.9 Å². The molecule has 5 aromatic rings. The molecule has 0 aliphatic rings. The molecule has 0 bridgehead atoms. The molecule has 5 rings (SSSR count). The van der Waals surface area contributed by atoms with E-state index in [1.54, 1.807) is 0 Å². The number of pyridine rings is 2. The maximum absolute atomic E-state index is 14.6. The Morgan fingerprint density at radius 2 is 1.67 bits per heavy atom. The fourth-order valence-corrected chi connectivity index (χ4v) is 4.57. The highest BCUT2D eigenvalue weighted by atomic mass is 19.1. The van der Waals surface area contributed by atoms with Gasteiger partial charge >= 0.3 is 0 Å². The molecule has 2 aromatic carbocycles. The molecule has 0 saturated carbocycles. The minimum Gasteiger partial charge on any atom is -0.437 e. The summed E-state index contributed by atoms with van der Waals surface area (Å²) in [4.78, 5) is 3.78. The molecule has 0 unspecified atom stereocenters. The summed E-state index contributed by atoms with van der Waals surface area (Å²) in [6.07, 6.45) is 2.08. The van der Waals surface area contributed by atoms with E-state index in [9.17, 15) is 8.78 Å². The molecule has 33 heavy (non-hydrogen) atoms. The minimum atomic E-state index is -0.898. The zero-order chi connectivity index (χ0) is 23.4. The van der Waals surface area contributed by atoms with E-state index in [0.717, 1.165) is 39.6 Å². The number of fused-ring (bicyclic) bond motifs is 3. The molecule has 0 radical (unpaired) electrons. The Morgan fingerprint density at radius 1 is 0.939 bits per heavy atom. The summed E-state index contributed by atoms with van der Waals surface area (Å²) in [5.74, 6) is -1.10. The summed E-state index contributed by atoms with van der Waals surface area (Å²) in [5.41, 5.74) is 7.88. The Balaban J connectivity index is 1.77. The highest BCUT2D eigenvalue weighted by Crippen LogP contribution is 2.38. The molecule has 0 N–H and O–H groups in total. The maximum Gasteiger partial charge on any atom is 0.232 e. The Hall–Kier alpha value is -3.60. The van der Waals surface area contributed by atoms with E-state index >= 15 is 0 Å². The highest BCUT2D eigenvalue weighted by molar-refractivity contribution is 6.09. The summed E-state index contributed by atoms with van der Waals surface area (Å²) in [6.45, 7) is 8.44. The highest BCUT2D eigenvalue weighted by Gasteiger charge is 2.24. The van der Waals surface area contributed by atoms with Crippen LogP contribution in [0.1, 0.15) is 36.5 Å². The lowest BCUT2D eigenvalue weighted by molar-refractivity contribution is -0.660. The number of hydrogen-bond acceptors (Lipinski definition) is 2. The summed E-state index contributed by atoms with van der Waals surface area (Å²) in [5, 5.41) is 0.783. The van der Waals surface area contributed by atoms with Crippen molar-refractivity contribution in [1.82, 2.24) is 4.98 Å². The first kappa shape index (κ1) is 21.3. The molecule has 0 saturated heterocycles. The van der Waals surface area contributed by atoms with Gasteiger partial charge in [-0.2, -0.15) is 9.37 Å². The lowest BCUT2D eigenvalue weighted by Gasteiger charge is -2.11. The predicted octanol–water partition coefficient (Wildman–Crippen LogP) is 7.16. The van der Waals surface area contributed by atoms with Crippen molar-refractivity contribution in [3.8, 4) is 22.4 Å². The van der Waals surface area contributed by atoms with E-state index < -0.39 is 11.8 Å². The predicted molar refractivity (Wildman–Crippen MR) is 127 cm³/mol. The molecule has 0 aliphatic heterocycles. The molecule has 0 aliphatic carbocycles. The van der Waals surface area contributed by atoms with Gasteiger partial charge in [-0.05, 0) is 42.0 Å². The van der Waals surface area contributed by atoms with Crippen molar-refractivity contribution < 1.29 is 17.8 Å². The Kier molecular flexibility index (Phi) is 5.00. The SMILES string of the molecule is Cc1c[n+](C)c(-c2c(C)ccc3c2oc2nc(F)cc(F)c23)cc1-c1ccc(C(C)C)cc1. The number of aryl methyl sites for hydroxylation is 3. The standard InChI is InChI=1S/C28H25F2N2O/c1-15(2)18-7-9-19(10-8-18)21-12-23(32(5)14-17(21)4)25-16(3)6-11-20-26-22(29)13-24(30)31-28(26)33-27(20)25/h6-15H,1-5H3/q+1. The van der Waals surface area contributed by atoms with Gasteiger partial charge in [-0.15, -0.1) is 0 Å². The lowest BCUT2D eigenvalue weighted by Crippen LogP contribution is -2.31. The molecule has 0 spiro atoms. The zero-order valence-electron chi connectivity index (χ0n) is 19.3. The molecule has 0 atom stereocenters. The van der Waals surface area contributed by atoms with Crippen LogP contribution in [0.4, 0.5) is 8.78 Å². The van der Waals surface area contributed by atoms with Gasteiger partial charge in [0.1, 0.15) is 12.9 Å². The minimum absolute atomic E-state index is 0.0337. The van der Waals surface area contributed by atoms with Gasteiger partial charge in [0.05, 0.1) is 10.9 Å². The van der Waals surface area contributed by atoms with Crippen LogP contribution in [0.15, 0.2) is 59.1 Å². The Bertz CT molecular complexity index is 1530. The van der Waals surface area contributed by atoms with E-state index in [-0.39, 0.29) is 11.1 Å². The number of furan rings is 1. The van der Waals surface area contributed by atoms with E-state index in [4.69, 9.17) is 4.42 Å². The fraction of sp³-hybridized carbons (Fsp3) is 0.214. The smallest absolute Gasteiger partial charge is 0.232 e. The normalized spacial score (nSPS) is 11.8. The second kappa shape index (κ2) is 7.77. The number of hydrogen-bond donors (Lipinski definition) is 0. The number of nitrogens with zero attached hydrogens (tertiary/aromatic N) is 2. The molecule has 3 heterocycles. The molecule has 5 heteroatoms. The van der Waals surface area contributed by atoms with E-state index in [2.05, 4.69) is 62.3 Å². The van der Waals surface area contributed by atoms with Gasteiger partial charge in [-0.1, -0.05) is 50.2 Å². The van der Waals surface area contributed by atoms with Gasteiger partial charge in [-0.3, -0.25) is 0 Å². The van der Waals surface area contributed by atoms with Crippen molar-refractivity contribution in [1.29, 1.82) is 0 Å². The first-order chi connectivity index (χ1) is 15.7. The third-order valence-corrected chi connectivity index (χ3v) is 6.36. The van der Waals surface area contributed by atoms with Gasteiger partial charge in [-0.25, -0.2) is 8.96 Å². The monoisotopic (exact) mass is 443 g/mol. The molecule has 3 nitrogen and oxygen atoms in total. The second-order valence-corrected chi connectivity index (χ2v) is 8.99. The fourth-order valence-electron chi connectivity index (χ4n) is 4.57. The molecule has 3 aromatic heterocycles. The van der Waals surface area contributed by atoms with Gasteiger partial charge in [0.2, 0.25) is 17.4 Å². The number of rotatable bonds is 3. The molecule has 166 valence electrons. The van der Waals surface area contributed by atoms with Crippen LogP contribution in [-0.4, -0.2) is 4.98 Å². The Labute approximate surface area is 191 Å². The van der Waals surface area contributed by atoms with Gasteiger partial charge < -0.3 is 4.42 Å². The largest absolute Gasteiger partial charge is 0.437 e. The van der Waals surface area contributed by atoms with Crippen LogP contribution >= 0.6 is 0 Å².